The Labute approximate surface area is 157 Å². The van der Waals surface area contributed by atoms with E-state index in [0.29, 0.717) is 43.2 Å². The SMILES string of the molecule is Cc1cc2cccnc2n1S(=O)(=O)c1ccc(N2CCOCC2)c(C#N)c1. The van der Waals surface area contributed by atoms with Gasteiger partial charge in [0, 0.05) is 30.4 Å². The first-order valence-electron chi connectivity index (χ1n) is 8.58. The fourth-order valence-electron chi connectivity index (χ4n) is 3.40. The van der Waals surface area contributed by atoms with Crippen LogP contribution in [0.15, 0.2) is 47.5 Å². The summed E-state index contributed by atoms with van der Waals surface area (Å²) in [6.07, 6.45) is 1.57. The van der Waals surface area contributed by atoms with Gasteiger partial charge in [-0.25, -0.2) is 17.4 Å². The van der Waals surface area contributed by atoms with Gasteiger partial charge in [0.1, 0.15) is 6.07 Å². The van der Waals surface area contributed by atoms with Gasteiger partial charge < -0.3 is 9.64 Å². The summed E-state index contributed by atoms with van der Waals surface area (Å²) in [6, 6.07) is 12.2. The average molecular weight is 382 g/mol. The molecule has 8 heteroatoms. The lowest BCUT2D eigenvalue weighted by Gasteiger charge is -2.29. The lowest BCUT2D eigenvalue weighted by Crippen LogP contribution is -2.36. The molecule has 4 rings (SSSR count). The number of aromatic nitrogens is 2. The maximum Gasteiger partial charge on any atom is 0.269 e. The van der Waals surface area contributed by atoms with Crippen LogP contribution in [0.1, 0.15) is 11.3 Å². The minimum Gasteiger partial charge on any atom is -0.378 e. The van der Waals surface area contributed by atoms with Crippen LogP contribution < -0.4 is 4.90 Å². The summed E-state index contributed by atoms with van der Waals surface area (Å²) in [5, 5.41) is 10.3. The van der Waals surface area contributed by atoms with Crippen LogP contribution in [0.5, 0.6) is 0 Å². The number of hydrogen-bond donors (Lipinski definition) is 0. The molecule has 2 aromatic heterocycles. The van der Waals surface area contributed by atoms with E-state index in [1.54, 1.807) is 37.4 Å². The second kappa shape index (κ2) is 6.68. The van der Waals surface area contributed by atoms with Gasteiger partial charge in [-0.3, -0.25) is 0 Å². The Balaban J connectivity index is 1.82. The predicted molar refractivity (Wildman–Crippen MR) is 101 cm³/mol. The Morgan fingerprint density at radius 1 is 1.19 bits per heavy atom. The predicted octanol–water partition coefficient (Wildman–Crippen LogP) is 2.29. The molecule has 1 saturated heterocycles. The van der Waals surface area contributed by atoms with Gasteiger partial charge in [-0.1, -0.05) is 0 Å². The molecule has 1 aliphatic rings. The number of nitriles is 1. The van der Waals surface area contributed by atoms with E-state index in [0.717, 1.165) is 11.1 Å². The van der Waals surface area contributed by atoms with Crippen LogP contribution in [-0.4, -0.2) is 43.7 Å². The van der Waals surface area contributed by atoms with Gasteiger partial charge in [-0.2, -0.15) is 5.26 Å². The van der Waals surface area contributed by atoms with Crippen molar-refractivity contribution in [1.82, 2.24) is 8.96 Å². The summed E-state index contributed by atoms with van der Waals surface area (Å²) in [4.78, 5) is 6.33. The van der Waals surface area contributed by atoms with Gasteiger partial charge >= 0.3 is 0 Å². The monoisotopic (exact) mass is 382 g/mol. The number of morpholine rings is 1. The summed E-state index contributed by atoms with van der Waals surface area (Å²) in [5.74, 6) is 0. The Hall–Kier alpha value is -2.89. The second-order valence-electron chi connectivity index (χ2n) is 6.36. The summed E-state index contributed by atoms with van der Waals surface area (Å²) < 4.78 is 33.1. The molecular weight excluding hydrogens is 364 g/mol. The summed E-state index contributed by atoms with van der Waals surface area (Å²) >= 11 is 0. The fourth-order valence-corrected chi connectivity index (χ4v) is 4.93. The van der Waals surface area contributed by atoms with Gasteiger partial charge in [0.15, 0.2) is 5.65 Å². The largest absolute Gasteiger partial charge is 0.378 e. The Morgan fingerprint density at radius 2 is 1.96 bits per heavy atom. The quantitative estimate of drug-likeness (QED) is 0.691. The molecule has 138 valence electrons. The minimum absolute atomic E-state index is 0.0716. The smallest absolute Gasteiger partial charge is 0.269 e. The number of anilines is 1. The van der Waals surface area contributed by atoms with Gasteiger partial charge in [0.2, 0.25) is 0 Å². The molecule has 7 nitrogen and oxygen atoms in total. The van der Waals surface area contributed by atoms with Crippen molar-refractivity contribution in [3.63, 3.8) is 0 Å². The highest BCUT2D eigenvalue weighted by atomic mass is 32.2. The van der Waals surface area contributed by atoms with Crippen molar-refractivity contribution in [2.75, 3.05) is 31.2 Å². The van der Waals surface area contributed by atoms with Crippen molar-refractivity contribution in [3.05, 3.63) is 53.9 Å². The Morgan fingerprint density at radius 3 is 2.70 bits per heavy atom. The summed E-state index contributed by atoms with van der Waals surface area (Å²) in [6.45, 7) is 4.25. The zero-order chi connectivity index (χ0) is 19.0. The van der Waals surface area contributed by atoms with Gasteiger partial charge in [0.25, 0.3) is 10.0 Å². The van der Waals surface area contributed by atoms with Crippen molar-refractivity contribution in [3.8, 4) is 6.07 Å². The van der Waals surface area contributed by atoms with Crippen molar-refractivity contribution in [2.24, 2.45) is 0 Å². The van der Waals surface area contributed by atoms with E-state index in [1.807, 2.05) is 11.0 Å². The number of nitrogens with zero attached hydrogens (tertiary/aromatic N) is 4. The molecule has 27 heavy (non-hydrogen) atoms. The summed E-state index contributed by atoms with van der Waals surface area (Å²) in [5.41, 5.74) is 2.01. The lowest BCUT2D eigenvalue weighted by atomic mass is 10.1. The third-order valence-electron chi connectivity index (χ3n) is 4.67. The first kappa shape index (κ1) is 17.5. The molecule has 0 atom stereocenters. The van der Waals surface area contributed by atoms with Crippen molar-refractivity contribution in [1.29, 1.82) is 5.26 Å². The van der Waals surface area contributed by atoms with Crippen LogP contribution in [0.2, 0.25) is 0 Å². The van der Waals surface area contributed by atoms with Crippen LogP contribution in [0, 0.1) is 18.3 Å². The number of aryl methyl sites for hydroxylation is 1. The van der Waals surface area contributed by atoms with E-state index in [4.69, 9.17) is 4.74 Å². The zero-order valence-electron chi connectivity index (χ0n) is 14.8. The van der Waals surface area contributed by atoms with E-state index in [-0.39, 0.29) is 4.90 Å². The highest BCUT2D eigenvalue weighted by molar-refractivity contribution is 7.90. The highest BCUT2D eigenvalue weighted by Gasteiger charge is 2.24. The van der Waals surface area contributed by atoms with E-state index in [1.165, 1.54) is 10.0 Å². The molecule has 0 N–H and O–H groups in total. The van der Waals surface area contributed by atoms with Crippen LogP contribution >= 0.6 is 0 Å². The van der Waals surface area contributed by atoms with Crippen molar-refractivity contribution < 1.29 is 13.2 Å². The first-order chi connectivity index (χ1) is 13.0. The maximum atomic E-state index is 13.3. The molecule has 0 radical (unpaired) electrons. The molecule has 1 fully saturated rings. The third-order valence-corrected chi connectivity index (χ3v) is 6.46. The second-order valence-corrected chi connectivity index (χ2v) is 8.15. The molecule has 1 aliphatic heterocycles. The Kier molecular flexibility index (Phi) is 4.34. The van der Waals surface area contributed by atoms with Gasteiger partial charge in [-0.05, 0) is 43.3 Å². The molecule has 0 spiro atoms. The molecule has 0 unspecified atom stereocenters. The van der Waals surface area contributed by atoms with E-state index >= 15 is 0 Å². The van der Waals surface area contributed by atoms with E-state index < -0.39 is 10.0 Å². The number of fused-ring (bicyclic) bond motifs is 1. The lowest BCUT2D eigenvalue weighted by molar-refractivity contribution is 0.122. The van der Waals surface area contributed by atoms with Crippen molar-refractivity contribution >= 4 is 26.7 Å². The molecule has 3 aromatic rings. The zero-order valence-corrected chi connectivity index (χ0v) is 15.6. The van der Waals surface area contributed by atoms with Crippen LogP contribution in [0.3, 0.4) is 0 Å². The molecule has 0 aliphatic carbocycles. The fraction of sp³-hybridized carbons (Fsp3) is 0.263. The van der Waals surface area contributed by atoms with Crippen LogP contribution in [0.25, 0.3) is 11.0 Å². The molecule has 3 heterocycles. The third kappa shape index (κ3) is 2.95. The topological polar surface area (TPSA) is 88.2 Å². The minimum atomic E-state index is -3.87. The molecular formula is C19H18N4O3S. The van der Waals surface area contributed by atoms with Gasteiger partial charge in [-0.15, -0.1) is 0 Å². The molecule has 0 amide bonds. The standard InChI is InChI=1S/C19H18N4O3S/c1-14-11-15-3-2-6-21-19(15)23(14)27(24,25)17-4-5-18(16(12-17)13-20)22-7-9-26-10-8-22/h2-6,11-12H,7-10H2,1H3. The normalized spacial score (nSPS) is 15.0. The first-order valence-corrected chi connectivity index (χ1v) is 10.0. The highest BCUT2D eigenvalue weighted by Crippen LogP contribution is 2.28. The van der Waals surface area contributed by atoms with Crippen LogP contribution in [0.4, 0.5) is 5.69 Å². The number of hydrogen-bond acceptors (Lipinski definition) is 6. The summed E-state index contributed by atoms with van der Waals surface area (Å²) in [7, 11) is -3.87. The number of benzene rings is 1. The number of ether oxygens (including phenoxy) is 1. The van der Waals surface area contributed by atoms with E-state index in [9.17, 15) is 13.7 Å². The Bertz CT molecular complexity index is 1160. The maximum absolute atomic E-state index is 13.3. The molecule has 0 saturated carbocycles. The average Bonchev–Trinajstić information content (AvgIpc) is 3.04. The van der Waals surface area contributed by atoms with E-state index in [2.05, 4.69) is 11.1 Å². The van der Waals surface area contributed by atoms with Crippen molar-refractivity contribution in [2.45, 2.75) is 11.8 Å². The van der Waals surface area contributed by atoms with Crippen LogP contribution in [-0.2, 0) is 14.8 Å². The number of rotatable bonds is 3. The molecule has 0 bridgehead atoms. The number of pyridine rings is 1. The van der Waals surface area contributed by atoms with Gasteiger partial charge in [0.05, 0.1) is 29.4 Å². The molecule has 1 aromatic carbocycles.